The number of amides is 2. The summed E-state index contributed by atoms with van der Waals surface area (Å²) in [4.78, 5) is 25.5. The highest BCUT2D eigenvalue weighted by molar-refractivity contribution is 6.36. The molecule has 3 N–H and O–H groups in total. The first-order chi connectivity index (χ1) is 7.88. The van der Waals surface area contributed by atoms with E-state index in [1.165, 1.54) is 0 Å². The molecule has 0 saturated carbocycles. The third kappa shape index (κ3) is 2.96. The van der Waals surface area contributed by atoms with Gasteiger partial charge in [0.1, 0.15) is 16.6 Å². The second-order valence-corrected chi connectivity index (χ2v) is 3.79. The molecule has 0 unspecified atom stereocenters. The summed E-state index contributed by atoms with van der Waals surface area (Å²) in [5.41, 5.74) is 3.99. The van der Waals surface area contributed by atoms with E-state index in [1.54, 1.807) is 0 Å². The smallest absolute Gasteiger partial charge is 0.254 e. The number of alkyl halides is 1. The van der Waals surface area contributed by atoms with E-state index in [2.05, 4.69) is 4.98 Å². The van der Waals surface area contributed by atoms with Crippen molar-refractivity contribution in [1.82, 2.24) is 4.98 Å². The number of carbonyl (C=O) groups is 2. The maximum absolute atomic E-state index is 13.6. The van der Waals surface area contributed by atoms with E-state index in [1.807, 2.05) is 5.32 Å². The van der Waals surface area contributed by atoms with Crippen LogP contribution in [0.2, 0.25) is 10.3 Å². The van der Waals surface area contributed by atoms with Crippen LogP contribution in [0.3, 0.4) is 0 Å². The number of nitrogens with two attached hydrogens (primary N) is 1. The van der Waals surface area contributed by atoms with Crippen molar-refractivity contribution in [1.29, 1.82) is 0 Å². The van der Waals surface area contributed by atoms with Gasteiger partial charge in [-0.05, 0) is 0 Å². The lowest BCUT2D eigenvalue weighted by Gasteiger charge is -2.10. The van der Waals surface area contributed by atoms with Gasteiger partial charge in [0, 0.05) is 0 Å². The first kappa shape index (κ1) is 14.0. The van der Waals surface area contributed by atoms with Gasteiger partial charge in [-0.3, -0.25) is 9.59 Å². The highest BCUT2D eigenvalue weighted by atomic mass is 35.5. The number of carbonyl (C=O) groups excluding carboxylic acids is 2. The van der Waals surface area contributed by atoms with Crippen molar-refractivity contribution < 1.29 is 14.0 Å². The molecule has 2 amide bonds. The molecular formula is C8H5Cl3FN3O2. The number of primary amides is 1. The molecular weight excluding hydrogens is 295 g/mol. The predicted molar refractivity (Wildman–Crippen MR) is 62.1 cm³/mol. The molecule has 9 heteroatoms. The number of rotatable bonds is 3. The van der Waals surface area contributed by atoms with E-state index in [9.17, 15) is 14.0 Å². The SMILES string of the molecule is NC(=O)c1c(Cl)nc(Cl)c(F)c1NC(=O)CCl. The average molecular weight is 301 g/mol. The lowest BCUT2D eigenvalue weighted by Crippen LogP contribution is -2.21. The molecule has 0 spiro atoms. The van der Waals surface area contributed by atoms with Crippen molar-refractivity contribution in [2.24, 2.45) is 5.73 Å². The monoisotopic (exact) mass is 299 g/mol. The molecule has 17 heavy (non-hydrogen) atoms. The van der Waals surface area contributed by atoms with Crippen LogP contribution in [0.4, 0.5) is 10.1 Å². The fourth-order valence-electron chi connectivity index (χ4n) is 1.02. The number of hydrogen-bond donors (Lipinski definition) is 2. The fourth-order valence-corrected chi connectivity index (χ4v) is 1.58. The van der Waals surface area contributed by atoms with Crippen LogP contribution in [0.5, 0.6) is 0 Å². The predicted octanol–water partition coefficient (Wildman–Crippen LogP) is 1.80. The summed E-state index contributed by atoms with van der Waals surface area (Å²) < 4.78 is 13.6. The summed E-state index contributed by atoms with van der Waals surface area (Å²) in [6.07, 6.45) is 0. The van der Waals surface area contributed by atoms with Crippen LogP contribution in [0.25, 0.3) is 0 Å². The maximum atomic E-state index is 13.6. The van der Waals surface area contributed by atoms with Crippen LogP contribution in [-0.2, 0) is 4.79 Å². The first-order valence-corrected chi connectivity index (χ1v) is 5.37. The minimum absolute atomic E-state index is 0.409. The van der Waals surface area contributed by atoms with Gasteiger partial charge in [-0.1, -0.05) is 23.2 Å². The Morgan fingerprint density at radius 3 is 2.41 bits per heavy atom. The molecule has 92 valence electrons. The van der Waals surface area contributed by atoms with E-state index >= 15 is 0 Å². The zero-order valence-electron chi connectivity index (χ0n) is 8.06. The first-order valence-electron chi connectivity index (χ1n) is 4.08. The number of halogens is 4. The molecule has 0 fully saturated rings. The second kappa shape index (κ2) is 5.48. The van der Waals surface area contributed by atoms with Crippen molar-refractivity contribution in [2.45, 2.75) is 0 Å². The highest BCUT2D eigenvalue weighted by Crippen LogP contribution is 2.30. The van der Waals surface area contributed by atoms with E-state index in [0.717, 1.165) is 0 Å². The van der Waals surface area contributed by atoms with Crippen molar-refractivity contribution >= 4 is 52.3 Å². The van der Waals surface area contributed by atoms with Gasteiger partial charge >= 0.3 is 0 Å². The molecule has 5 nitrogen and oxygen atoms in total. The van der Waals surface area contributed by atoms with Gasteiger partial charge in [-0.25, -0.2) is 9.37 Å². The zero-order valence-corrected chi connectivity index (χ0v) is 10.3. The number of hydrogen-bond acceptors (Lipinski definition) is 3. The Balaban J connectivity index is 3.42. The maximum Gasteiger partial charge on any atom is 0.254 e. The lowest BCUT2D eigenvalue weighted by atomic mass is 10.2. The van der Waals surface area contributed by atoms with E-state index < -0.39 is 45.1 Å². The summed E-state index contributed by atoms with van der Waals surface area (Å²) in [6.45, 7) is 0. The molecule has 1 aromatic rings. The topological polar surface area (TPSA) is 85.1 Å². The third-order valence-corrected chi connectivity index (χ3v) is 2.45. The fraction of sp³-hybridized carbons (Fsp3) is 0.125. The van der Waals surface area contributed by atoms with Gasteiger partial charge in [0.15, 0.2) is 11.0 Å². The van der Waals surface area contributed by atoms with Gasteiger partial charge < -0.3 is 11.1 Å². The molecule has 0 bridgehead atoms. The Labute approximate surface area is 110 Å². The second-order valence-electron chi connectivity index (χ2n) is 2.80. The van der Waals surface area contributed by atoms with Gasteiger partial charge in [-0.15, -0.1) is 11.6 Å². The number of nitrogens with zero attached hydrogens (tertiary/aromatic N) is 1. The Bertz CT molecular complexity index is 495. The van der Waals surface area contributed by atoms with Crippen LogP contribution >= 0.6 is 34.8 Å². The van der Waals surface area contributed by atoms with E-state index in [-0.39, 0.29) is 0 Å². The molecule has 0 atom stereocenters. The molecule has 0 saturated heterocycles. The third-order valence-electron chi connectivity index (χ3n) is 1.69. The largest absolute Gasteiger partial charge is 0.365 e. The molecule has 1 rings (SSSR count). The molecule has 0 aromatic carbocycles. The quantitative estimate of drug-likeness (QED) is 0.659. The van der Waals surface area contributed by atoms with Gasteiger partial charge in [0.25, 0.3) is 5.91 Å². The molecule has 1 heterocycles. The summed E-state index contributed by atoms with van der Waals surface area (Å²) in [6, 6.07) is 0. The molecule has 0 aliphatic carbocycles. The number of nitrogens with one attached hydrogen (secondary N) is 1. The summed E-state index contributed by atoms with van der Waals surface area (Å²) in [5, 5.41) is 1.03. The Kier molecular flexibility index (Phi) is 4.50. The molecule has 0 aliphatic rings. The van der Waals surface area contributed by atoms with Gasteiger partial charge in [0.05, 0.1) is 5.69 Å². The Morgan fingerprint density at radius 2 is 1.94 bits per heavy atom. The van der Waals surface area contributed by atoms with E-state index in [0.29, 0.717) is 0 Å². The number of pyridine rings is 1. The average Bonchev–Trinajstić information content (AvgIpc) is 2.24. The zero-order chi connectivity index (χ0) is 13.2. The molecule has 0 aliphatic heterocycles. The number of anilines is 1. The summed E-state index contributed by atoms with van der Waals surface area (Å²) >= 11 is 16.2. The van der Waals surface area contributed by atoms with Crippen LogP contribution in [0.1, 0.15) is 10.4 Å². The van der Waals surface area contributed by atoms with Crippen molar-refractivity contribution in [2.75, 3.05) is 11.2 Å². The van der Waals surface area contributed by atoms with Crippen LogP contribution < -0.4 is 11.1 Å². The van der Waals surface area contributed by atoms with Gasteiger partial charge in [0.2, 0.25) is 5.91 Å². The highest BCUT2D eigenvalue weighted by Gasteiger charge is 2.23. The van der Waals surface area contributed by atoms with Crippen molar-refractivity contribution in [3.63, 3.8) is 0 Å². The standard InChI is InChI=1S/C8H5Cl3FN3O2/c9-1-2(16)14-5-3(8(13)17)6(10)15-7(11)4(5)12/h1H2,(H2,13,17)(H,14,15,16). The van der Waals surface area contributed by atoms with Crippen molar-refractivity contribution in [3.8, 4) is 0 Å². The van der Waals surface area contributed by atoms with Crippen LogP contribution in [-0.4, -0.2) is 22.7 Å². The summed E-state index contributed by atoms with van der Waals surface area (Å²) in [7, 11) is 0. The van der Waals surface area contributed by atoms with E-state index in [4.69, 9.17) is 40.5 Å². The lowest BCUT2D eigenvalue weighted by molar-refractivity contribution is -0.113. The Hall–Kier alpha value is -1.11. The summed E-state index contributed by atoms with van der Waals surface area (Å²) in [5.74, 6) is -3.34. The van der Waals surface area contributed by atoms with Crippen LogP contribution in [0, 0.1) is 5.82 Å². The number of aromatic nitrogens is 1. The minimum Gasteiger partial charge on any atom is -0.365 e. The van der Waals surface area contributed by atoms with Crippen LogP contribution in [0.15, 0.2) is 0 Å². The Morgan fingerprint density at radius 1 is 1.35 bits per heavy atom. The molecule has 1 aromatic heterocycles. The van der Waals surface area contributed by atoms with Gasteiger partial charge in [-0.2, -0.15) is 0 Å². The van der Waals surface area contributed by atoms with Crippen molar-refractivity contribution in [3.05, 3.63) is 21.7 Å². The normalized spacial score (nSPS) is 10.1. The minimum atomic E-state index is -1.11. The molecule has 0 radical (unpaired) electrons.